The van der Waals surface area contributed by atoms with Crippen LogP contribution >= 0.6 is 27.3 Å². The van der Waals surface area contributed by atoms with Crippen molar-refractivity contribution in [1.82, 2.24) is 10.2 Å². The fourth-order valence-corrected chi connectivity index (χ4v) is 3.65. The minimum atomic E-state index is 0.245. The molecular formula is C14H21BrN2OS. The van der Waals surface area contributed by atoms with Crippen molar-refractivity contribution in [3.8, 4) is 0 Å². The zero-order valence-electron chi connectivity index (χ0n) is 11.3. The van der Waals surface area contributed by atoms with E-state index in [-0.39, 0.29) is 5.91 Å². The van der Waals surface area contributed by atoms with E-state index in [0.29, 0.717) is 19.0 Å². The highest BCUT2D eigenvalue weighted by Gasteiger charge is 2.16. The predicted molar refractivity (Wildman–Crippen MR) is 83.4 cm³/mol. The van der Waals surface area contributed by atoms with Crippen LogP contribution in [0.2, 0.25) is 0 Å². The molecular weight excluding hydrogens is 324 g/mol. The fraction of sp³-hybridized carbons (Fsp3) is 0.643. The van der Waals surface area contributed by atoms with Crippen LogP contribution in [0.15, 0.2) is 15.2 Å². The third-order valence-electron chi connectivity index (χ3n) is 3.59. The van der Waals surface area contributed by atoms with E-state index in [4.69, 9.17) is 0 Å². The second-order valence-corrected chi connectivity index (χ2v) is 7.48. The van der Waals surface area contributed by atoms with E-state index in [1.54, 1.807) is 11.3 Å². The normalized spacial score (nSPS) is 19.4. The average Bonchev–Trinajstić information content (AvgIpc) is 2.82. The summed E-state index contributed by atoms with van der Waals surface area (Å²) >= 11 is 5.11. The summed E-state index contributed by atoms with van der Waals surface area (Å²) in [6, 6.07) is 2.62. The lowest BCUT2D eigenvalue weighted by atomic mass is 10.0. The Morgan fingerprint density at radius 2 is 2.42 bits per heavy atom. The van der Waals surface area contributed by atoms with Gasteiger partial charge in [-0.15, -0.1) is 11.3 Å². The van der Waals surface area contributed by atoms with Crippen molar-refractivity contribution in [1.29, 1.82) is 0 Å². The molecule has 0 aromatic carbocycles. The van der Waals surface area contributed by atoms with Gasteiger partial charge in [-0.1, -0.05) is 6.42 Å². The fourth-order valence-electron chi connectivity index (χ4n) is 2.45. The number of piperidine rings is 1. The summed E-state index contributed by atoms with van der Waals surface area (Å²) in [4.78, 5) is 13.9. The molecule has 19 heavy (non-hydrogen) atoms. The highest BCUT2D eigenvalue weighted by Crippen LogP contribution is 2.21. The van der Waals surface area contributed by atoms with Gasteiger partial charge in [-0.3, -0.25) is 4.79 Å². The third-order valence-corrected chi connectivity index (χ3v) is 5.14. The monoisotopic (exact) mass is 344 g/mol. The van der Waals surface area contributed by atoms with Gasteiger partial charge in [0, 0.05) is 26.1 Å². The molecule has 106 valence electrons. The quantitative estimate of drug-likeness (QED) is 0.887. The van der Waals surface area contributed by atoms with Gasteiger partial charge in [0.2, 0.25) is 5.91 Å². The SMILES string of the molecule is CN(Cc1csc(Br)c1)C(=O)CCC1CCCCN1. The molecule has 2 heterocycles. The number of thiophene rings is 1. The van der Waals surface area contributed by atoms with Crippen molar-refractivity contribution in [2.45, 2.75) is 44.7 Å². The van der Waals surface area contributed by atoms with Gasteiger partial charge < -0.3 is 10.2 Å². The Morgan fingerprint density at radius 3 is 3.05 bits per heavy atom. The third kappa shape index (κ3) is 4.89. The largest absolute Gasteiger partial charge is 0.341 e. The summed E-state index contributed by atoms with van der Waals surface area (Å²) in [5.74, 6) is 0.245. The first-order valence-electron chi connectivity index (χ1n) is 6.85. The molecule has 1 unspecified atom stereocenters. The van der Waals surface area contributed by atoms with Crippen LogP contribution in [-0.2, 0) is 11.3 Å². The highest BCUT2D eigenvalue weighted by molar-refractivity contribution is 9.11. The van der Waals surface area contributed by atoms with Gasteiger partial charge in [0.15, 0.2) is 0 Å². The van der Waals surface area contributed by atoms with Gasteiger partial charge in [-0.25, -0.2) is 0 Å². The number of halogens is 1. The lowest BCUT2D eigenvalue weighted by Crippen LogP contribution is -2.35. The van der Waals surface area contributed by atoms with E-state index >= 15 is 0 Å². The average molecular weight is 345 g/mol. The number of carbonyl (C=O) groups is 1. The van der Waals surface area contributed by atoms with Crippen molar-refractivity contribution in [3.05, 3.63) is 20.8 Å². The van der Waals surface area contributed by atoms with Crippen molar-refractivity contribution < 1.29 is 4.79 Å². The number of carbonyl (C=O) groups excluding carboxylic acids is 1. The lowest BCUT2D eigenvalue weighted by Gasteiger charge is -2.24. The minimum Gasteiger partial charge on any atom is -0.341 e. The van der Waals surface area contributed by atoms with Gasteiger partial charge in [0.1, 0.15) is 0 Å². The predicted octanol–water partition coefficient (Wildman–Crippen LogP) is 3.39. The highest BCUT2D eigenvalue weighted by atomic mass is 79.9. The Kier molecular flexibility index (Phi) is 5.85. The molecule has 1 amide bonds. The second kappa shape index (κ2) is 7.41. The maximum Gasteiger partial charge on any atom is 0.222 e. The summed E-state index contributed by atoms with van der Waals surface area (Å²) in [5.41, 5.74) is 1.20. The molecule has 1 fully saturated rings. The molecule has 5 heteroatoms. The lowest BCUT2D eigenvalue weighted by molar-refractivity contribution is -0.130. The Hall–Kier alpha value is -0.390. The van der Waals surface area contributed by atoms with Crippen molar-refractivity contribution in [2.75, 3.05) is 13.6 Å². The second-order valence-electron chi connectivity index (χ2n) is 5.19. The molecule has 1 N–H and O–H groups in total. The molecule has 0 saturated carbocycles. The minimum absolute atomic E-state index is 0.245. The number of amides is 1. The zero-order valence-corrected chi connectivity index (χ0v) is 13.7. The van der Waals surface area contributed by atoms with E-state index in [2.05, 4.69) is 32.7 Å². The number of nitrogens with one attached hydrogen (secondary N) is 1. The zero-order chi connectivity index (χ0) is 13.7. The summed E-state index contributed by atoms with van der Waals surface area (Å²) in [6.45, 7) is 1.82. The molecule has 0 bridgehead atoms. The molecule has 1 aliphatic heterocycles. The number of rotatable bonds is 5. The van der Waals surface area contributed by atoms with Crippen LogP contribution in [0.4, 0.5) is 0 Å². The summed E-state index contributed by atoms with van der Waals surface area (Å²) < 4.78 is 1.12. The van der Waals surface area contributed by atoms with Crippen molar-refractivity contribution in [3.63, 3.8) is 0 Å². The van der Waals surface area contributed by atoms with E-state index in [1.165, 1.54) is 24.8 Å². The Bertz CT molecular complexity index is 415. The van der Waals surface area contributed by atoms with Gasteiger partial charge in [0.05, 0.1) is 3.79 Å². The van der Waals surface area contributed by atoms with Gasteiger partial charge >= 0.3 is 0 Å². The smallest absolute Gasteiger partial charge is 0.222 e. The van der Waals surface area contributed by atoms with E-state index in [1.807, 2.05) is 11.9 Å². The Labute approximate surface area is 127 Å². The van der Waals surface area contributed by atoms with E-state index < -0.39 is 0 Å². The summed E-state index contributed by atoms with van der Waals surface area (Å²) in [5, 5.41) is 5.58. The van der Waals surface area contributed by atoms with Crippen LogP contribution in [-0.4, -0.2) is 30.4 Å². The van der Waals surface area contributed by atoms with Crippen LogP contribution in [0.1, 0.15) is 37.7 Å². The molecule has 1 aromatic heterocycles. The molecule has 1 aliphatic rings. The van der Waals surface area contributed by atoms with Crippen LogP contribution in [0.25, 0.3) is 0 Å². The molecule has 1 saturated heterocycles. The topological polar surface area (TPSA) is 32.3 Å². The van der Waals surface area contributed by atoms with Gasteiger partial charge in [0.25, 0.3) is 0 Å². The first-order valence-corrected chi connectivity index (χ1v) is 8.52. The molecule has 0 aliphatic carbocycles. The first-order chi connectivity index (χ1) is 9.15. The van der Waals surface area contributed by atoms with Crippen molar-refractivity contribution in [2.24, 2.45) is 0 Å². The summed E-state index contributed by atoms with van der Waals surface area (Å²) in [6.07, 6.45) is 5.41. The molecule has 0 radical (unpaired) electrons. The molecule has 2 rings (SSSR count). The molecule has 0 spiro atoms. The Morgan fingerprint density at radius 1 is 1.58 bits per heavy atom. The number of hydrogen-bond acceptors (Lipinski definition) is 3. The molecule has 1 aromatic rings. The van der Waals surface area contributed by atoms with E-state index in [9.17, 15) is 4.79 Å². The first kappa shape index (κ1) is 15.0. The van der Waals surface area contributed by atoms with Crippen LogP contribution < -0.4 is 5.32 Å². The van der Waals surface area contributed by atoms with Crippen LogP contribution in [0, 0.1) is 0 Å². The maximum atomic E-state index is 12.1. The van der Waals surface area contributed by atoms with Gasteiger partial charge in [-0.05, 0) is 58.7 Å². The van der Waals surface area contributed by atoms with Crippen LogP contribution in [0.5, 0.6) is 0 Å². The summed E-state index contributed by atoms with van der Waals surface area (Å²) in [7, 11) is 1.89. The molecule has 1 atom stereocenters. The van der Waals surface area contributed by atoms with Crippen molar-refractivity contribution >= 4 is 33.2 Å². The van der Waals surface area contributed by atoms with Crippen LogP contribution in [0.3, 0.4) is 0 Å². The Balaban J connectivity index is 1.72. The number of hydrogen-bond donors (Lipinski definition) is 1. The maximum absolute atomic E-state index is 12.1. The standard InChI is InChI=1S/C14H21BrN2OS/c1-17(9-11-8-13(15)19-10-11)14(18)6-5-12-4-2-3-7-16-12/h8,10,12,16H,2-7,9H2,1H3. The number of nitrogens with zero attached hydrogens (tertiary/aromatic N) is 1. The van der Waals surface area contributed by atoms with Gasteiger partial charge in [-0.2, -0.15) is 0 Å². The van der Waals surface area contributed by atoms with E-state index in [0.717, 1.165) is 16.8 Å². The molecule has 3 nitrogen and oxygen atoms in total.